The van der Waals surface area contributed by atoms with Crippen LogP contribution in [0.1, 0.15) is 22.3 Å². The largest absolute Gasteiger partial charge is 0.339 e. The van der Waals surface area contributed by atoms with Crippen LogP contribution in [0.3, 0.4) is 0 Å². The Kier molecular flexibility index (Phi) is 3.35. The van der Waals surface area contributed by atoms with Crippen molar-refractivity contribution in [1.82, 2.24) is 0 Å². The average molecular weight is 252 g/mol. The van der Waals surface area contributed by atoms with Gasteiger partial charge in [0, 0.05) is 5.56 Å². The Morgan fingerprint density at radius 1 is 0.938 bits per heavy atom. The Balaban J connectivity index is 3.45. The number of hydrogen-bond acceptors (Lipinski definition) is 0. The van der Waals surface area contributed by atoms with Crippen molar-refractivity contribution in [3.8, 4) is 0 Å². The van der Waals surface area contributed by atoms with E-state index in [0.717, 1.165) is 14.8 Å². The number of alkyl halides is 4. The summed E-state index contributed by atoms with van der Waals surface area (Å²) in [5, 5.41) is 0. The lowest BCUT2D eigenvalue weighted by atomic mass is 9.95. The minimum Gasteiger partial charge on any atom is -0.195 e. The molecule has 0 N–H and O–H groups in total. The van der Waals surface area contributed by atoms with E-state index in [0.29, 0.717) is 0 Å². The highest BCUT2D eigenvalue weighted by molar-refractivity contribution is 7.18. The van der Waals surface area contributed by atoms with E-state index in [9.17, 15) is 17.6 Å². The summed E-state index contributed by atoms with van der Waals surface area (Å²) in [6.45, 7) is 4.57. The van der Waals surface area contributed by atoms with Gasteiger partial charge in [-0.1, -0.05) is 26.9 Å². The van der Waals surface area contributed by atoms with Crippen LogP contribution in [0.2, 0.25) is 0 Å². The van der Waals surface area contributed by atoms with Gasteiger partial charge in [0.25, 0.3) is 0 Å². The molecular weight excluding hydrogens is 239 g/mol. The van der Waals surface area contributed by atoms with Crippen molar-refractivity contribution in [1.29, 1.82) is 0 Å². The van der Waals surface area contributed by atoms with Crippen molar-refractivity contribution in [2.45, 2.75) is 32.4 Å². The maximum Gasteiger partial charge on any atom is 0.339 e. The summed E-state index contributed by atoms with van der Waals surface area (Å²) in [5.41, 5.74) is -3.58. The van der Waals surface area contributed by atoms with Gasteiger partial charge in [-0.3, -0.25) is 0 Å². The Hall–Kier alpha value is -0.630. The van der Waals surface area contributed by atoms with Crippen LogP contribution in [0.4, 0.5) is 17.6 Å². The van der Waals surface area contributed by atoms with Crippen LogP contribution in [-0.2, 0) is 5.92 Å². The highest BCUT2D eigenvalue weighted by atomic mass is 31.0. The molecule has 0 amide bonds. The van der Waals surface area contributed by atoms with Crippen molar-refractivity contribution >= 4 is 9.24 Å². The van der Waals surface area contributed by atoms with E-state index in [1.807, 2.05) is 0 Å². The first-order valence-electron chi connectivity index (χ1n) is 4.70. The van der Waals surface area contributed by atoms with E-state index >= 15 is 0 Å². The van der Waals surface area contributed by atoms with E-state index in [1.54, 1.807) is 6.92 Å². The quantitative estimate of drug-likeness (QED) is 0.547. The van der Waals surface area contributed by atoms with E-state index in [2.05, 4.69) is 0 Å². The zero-order chi connectivity index (χ0) is 12.7. The second-order valence-electron chi connectivity index (χ2n) is 3.97. The monoisotopic (exact) mass is 252 g/mol. The van der Waals surface area contributed by atoms with E-state index in [1.165, 1.54) is 26.0 Å². The number of rotatable bonds is 2. The van der Waals surface area contributed by atoms with Gasteiger partial charge in [-0.2, -0.15) is 17.6 Å². The summed E-state index contributed by atoms with van der Waals surface area (Å²) in [6, 6.07) is 2.96. The molecule has 0 radical (unpaired) electrons. The first kappa shape index (κ1) is 13.4. The maximum absolute atomic E-state index is 13.5. The van der Waals surface area contributed by atoms with Gasteiger partial charge in [-0.25, -0.2) is 0 Å². The lowest BCUT2D eigenvalue weighted by Crippen LogP contribution is -2.33. The molecule has 0 aliphatic carbocycles. The molecule has 1 aromatic carbocycles. The third kappa shape index (κ3) is 2.22. The van der Waals surface area contributed by atoms with E-state index in [-0.39, 0.29) is 11.1 Å². The van der Waals surface area contributed by atoms with Gasteiger partial charge >= 0.3 is 11.6 Å². The minimum atomic E-state index is -4.17. The number of hydrogen-bond donors (Lipinski definition) is 0. The van der Waals surface area contributed by atoms with Gasteiger partial charge in [0.1, 0.15) is 0 Å². The molecule has 16 heavy (non-hydrogen) atoms. The molecule has 1 rings (SSSR count). The molecule has 0 saturated heterocycles. The molecule has 0 aromatic heterocycles. The third-order valence-electron chi connectivity index (χ3n) is 2.41. The number of benzene rings is 1. The number of halogens is 4. The molecular formula is C11H13F4P. The lowest BCUT2D eigenvalue weighted by molar-refractivity contribution is -0.160. The summed E-state index contributed by atoms with van der Waals surface area (Å²) < 4.78 is 52.8. The fourth-order valence-electron chi connectivity index (χ4n) is 1.84. The average Bonchev–Trinajstić information content (AvgIpc) is 1.97. The third-order valence-corrected chi connectivity index (χ3v) is 2.77. The fraction of sp³-hybridized carbons (Fsp3) is 0.455. The van der Waals surface area contributed by atoms with Crippen molar-refractivity contribution in [2.75, 3.05) is 0 Å². The molecule has 0 heterocycles. The van der Waals surface area contributed by atoms with Crippen LogP contribution in [0.15, 0.2) is 12.1 Å². The lowest BCUT2D eigenvalue weighted by Gasteiger charge is -2.26. The summed E-state index contributed by atoms with van der Waals surface area (Å²) in [7, 11) is 0.908. The molecule has 5 heteroatoms. The molecule has 0 fully saturated rings. The standard InChI is InChI=1S/C11H13F4P/c1-6-4-7(2)9(8(3)5-6)10(12,13)11(14,15)16/h4-5H,16H2,1-3H3. The van der Waals surface area contributed by atoms with Crippen LogP contribution in [-0.4, -0.2) is 5.66 Å². The molecule has 0 bridgehead atoms. The van der Waals surface area contributed by atoms with Crippen molar-refractivity contribution in [3.63, 3.8) is 0 Å². The predicted octanol–water partition coefficient (Wildman–Crippen LogP) is 4.17. The molecule has 0 nitrogen and oxygen atoms in total. The van der Waals surface area contributed by atoms with Gasteiger partial charge < -0.3 is 0 Å². The molecule has 0 aliphatic heterocycles. The van der Waals surface area contributed by atoms with Crippen LogP contribution in [0, 0.1) is 20.8 Å². The zero-order valence-corrected chi connectivity index (χ0v) is 10.4. The van der Waals surface area contributed by atoms with Crippen molar-refractivity contribution < 1.29 is 17.6 Å². The van der Waals surface area contributed by atoms with Gasteiger partial charge in [-0.15, -0.1) is 0 Å². The Morgan fingerprint density at radius 3 is 1.62 bits per heavy atom. The van der Waals surface area contributed by atoms with Gasteiger partial charge in [0.05, 0.1) is 0 Å². The zero-order valence-electron chi connectivity index (χ0n) is 9.24. The van der Waals surface area contributed by atoms with Crippen LogP contribution in [0.5, 0.6) is 0 Å². The van der Waals surface area contributed by atoms with E-state index < -0.39 is 17.1 Å². The van der Waals surface area contributed by atoms with Crippen LogP contribution in [0.25, 0.3) is 0 Å². The molecule has 0 spiro atoms. The van der Waals surface area contributed by atoms with Gasteiger partial charge in [0.15, 0.2) is 0 Å². The summed E-state index contributed by atoms with van der Waals surface area (Å²) >= 11 is 0. The highest BCUT2D eigenvalue weighted by Gasteiger charge is 2.55. The van der Waals surface area contributed by atoms with Gasteiger partial charge in [-0.05, 0) is 31.9 Å². The Labute approximate surface area is 94.2 Å². The smallest absolute Gasteiger partial charge is 0.195 e. The minimum absolute atomic E-state index is 0.185. The van der Waals surface area contributed by atoms with Gasteiger partial charge in [0.2, 0.25) is 0 Å². The summed E-state index contributed by atoms with van der Waals surface area (Å²) in [5.74, 6) is -4.17. The second-order valence-corrected chi connectivity index (χ2v) is 4.70. The second kappa shape index (κ2) is 3.99. The van der Waals surface area contributed by atoms with Crippen molar-refractivity contribution in [2.24, 2.45) is 0 Å². The first-order valence-corrected chi connectivity index (χ1v) is 5.28. The normalized spacial score (nSPS) is 13.0. The molecule has 1 aromatic rings. The van der Waals surface area contributed by atoms with Crippen LogP contribution < -0.4 is 0 Å². The molecule has 0 saturated carbocycles. The van der Waals surface area contributed by atoms with Crippen molar-refractivity contribution in [3.05, 3.63) is 34.4 Å². The number of aryl methyl sites for hydroxylation is 3. The first-order chi connectivity index (χ1) is 7.07. The Bertz CT molecular complexity index is 384. The SMILES string of the molecule is Cc1cc(C)c(C(F)(F)C(F)(F)P)c(C)c1. The molecule has 1 atom stereocenters. The summed E-state index contributed by atoms with van der Waals surface area (Å²) in [6.07, 6.45) is 0. The van der Waals surface area contributed by atoms with E-state index in [4.69, 9.17) is 0 Å². The molecule has 1 unspecified atom stereocenters. The predicted molar refractivity (Wildman–Crippen MR) is 59.2 cm³/mol. The molecule has 0 aliphatic rings. The highest BCUT2D eigenvalue weighted by Crippen LogP contribution is 2.49. The maximum atomic E-state index is 13.5. The Morgan fingerprint density at radius 2 is 1.31 bits per heavy atom. The van der Waals surface area contributed by atoms with Crippen LogP contribution >= 0.6 is 9.24 Å². The topological polar surface area (TPSA) is 0 Å². The molecule has 90 valence electrons. The summed E-state index contributed by atoms with van der Waals surface area (Å²) in [4.78, 5) is 0. The fourth-order valence-corrected chi connectivity index (χ4v) is 1.99.